The van der Waals surface area contributed by atoms with Gasteiger partial charge in [0.05, 0.1) is 11.3 Å². The summed E-state index contributed by atoms with van der Waals surface area (Å²) < 4.78 is 6.74. The fourth-order valence-corrected chi connectivity index (χ4v) is 1.89. The molecule has 0 bridgehead atoms. The number of anilines is 1. The minimum Gasteiger partial charge on any atom is -0.457 e. The second-order valence-corrected chi connectivity index (χ2v) is 4.67. The van der Waals surface area contributed by atoms with Crippen molar-refractivity contribution < 1.29 is 4.74 Å². The molecule has 0 atom stereocenters. The smallest absolute Gasteiger partial charge is 0.129 e. The van der Waals surface area contributed by atoms with E-state index in [4.69, 9.17) is 15.7 Å². The minimum absolute atomic E-state index is 0.427. The minimum atomic E-state index is 0.427. The van der Waals surface area contributed by atoms with Crippen molar-refractivity contribution in [2.75, 3.05) is 5.73 Å². The third-order valence-electron chi connectivity index (χ3n) is 2.18. The van der Waals surface area contributed by atoms with Crippen molar-refractivity contribution in [1.82, 2.24) is 0 Å². The van der Waals surface area contributed by atoms with E-state index in [2.05, 4.69) is 22.6 Å². The molecule has 3 nitrogen and oxygen atoms in total. The molecule has 0 aromatic heterocycles. The zero-order valence-corrected chi connectivity index (χ0v) is 11.0. The molecule has 4 heteroatoms. The molecule has 0 aliphatic carbocycles. The van der Waals surface area contributed by atoms with E-state index in [9.17, 15) is 0 Å². The van der Waals surface area contributed by atoms with E-state index in [0.717, 1.165) is 9.32 Å². The highest BCUT2D eigenvalue weighted by Gasteiger charge is 2.02. The lowest BCUT2D eigenvalue weighted by Gasteiger charge is -2.07. The van der Waals surface area contributed by atoms with Crippen LogP contribution in [0.15, 0.2) is 42.5 Å². The highest BCUT2D eigenvalue weighted by molar-refractivity contribution is 14.1. The second kappa shape index (κ2) is 5.06. The molecule has 0 amide bonds. The van der Waals surface area contributed by atoms with Crippen LogP contribution in [0, 0.1) is 14.9 Å². The van der Waals surface area contributed by atoms with E-state index < -0.39 is 0 Å². The third-order valence-corrected chi connectivity index (χ3v) is 2.85. The summed E-state index contributed by atoms with van der Waals surface area (Å²) in [7, 11) is 0. The normalized spacial score (nSPS) is 9.65. The summed E-state index contributed by atoms with van der Waals surface area (Å²) in [5.41, 5.74) is 6.60. The van der Waals surface area contributed by atoms with Gasteiger partial charge in [-0.3, -0.25) is 0 Å². The van der Waals surface area contributed by atoms with E-state index in [1.165, 1.54) is 0 Å². The van der Waals surface area contributed by atoms with Crippen LogP contribution >= 0.6 is 22.6 Å². The summed E-state index contributed by atoms with van der Waals surface area (Å²) in [5, 5.41) is 8.76. The van der Waals surface area contributed by atoms with E-state index in [1.807, 2.05) is 30.3 Å². The molecule has 0 spiro atoms. The molecule has 0 radical (unpaired) electrons. The lowest BCUT2D eigenvalue weighted by atomic mass is 10.2. The second-order valence-electron chi connectivity index (χ2n) is 3.42. The number of benzene rings is 2. The first-order valence-electron chi connectivity index (χ1n) is 4.92. The fraction of sp³-hybridized carbons (Fsp3) is 0. The summed E-state index contributed by atoms with van der Waals surface area (Å²) >= 11 is 2.22. The average Bonchev–Trinajstić information content (AvgIpc) is 2.29. The Morgan fingerprint density at radius 1 is 1.12 bits per heavy atom. The number of nitrogen functional groups attached to an aromatic ring is 1. The predicted molar refractivity (Wildman–Crippen MR) is 74.8 cm³/mol. The predicted octanol–water partition coefficient (Wildman–Crippen LogP) is 3.54. The molecular formula is C13H9IN2O. The van der Waals surface area contributed by atoms with Crippen molar-refractivity contribution in [3.8, 4) is 17.6 Å². The molecule has 0 unspecified atom stereocenters. The van der Waals surface area contributed by atoms with Gasteiger partial charge in [0.25, 0.3) is 0 Å². The molecule has 2 rings (SSSR count). The number of halogens is 1. The lowest BCUT2D eigenvalue weighted by molar-refractivity contribution is 0.482. The van der Waals surface area contributed by atoms with Gasteiger partial charge in [-0.15, -0.1) is 0 Å². The number of nitrogens with two attached hydrogens (primary N) is 1. The molecule has 0 saturated carbocycles. The number of nitriles is 1. The Kier molecular flexibility index (Phi) is 3.49. The SMILES string of the molecule is N#Cc1ccc(Oc2cccc(I)c2)cc1N. The quantitative estimate of drug-likeness (QED) is 0.674. The van der Waals surface area contributed by atoms with Crippen molar-refractivity contribution in [1.29, 1.82) is 5.26 Å². The first-order chi connectivity index (χ1) is 8.19. The monoisotopic (exact) mass is 336 g/mol. The van der Waals surface area contributed by atoms with Crippen LogP contribution in [0.25, 0.3) is 0 Å². The zero-order valence-electron chi connectivity index (χ0n) is 8.85. The van der Waals surface area contributed by atoms with Gasteiger partial charge in [0.15, 0.2) is 0 Å². The number of ether oxygens (including phenoxy) is 1. The molecule has 0 aliphatic rings. The van der Waals surface area contributed by atoms with Crippen LogP contribution in [0.3, 0.4) is 0 Å². The van der Waals surface area contributed by atoms with Crippen LogP contribution in [-0.4, -0.2) is 0 Å². The summed E-state index contributed by atoms with van der Waals surface area (Å²) in [6.07, 6.45) is 0. The van der Waals surface area contributed by atoms with Crippen LogP contribution in [0.5, 0.6) is 11.5 Å². The number of hydrogen-bond acceptors (Lipinski definition) is 3. The standard InChI is InChI=1S/C13H9IN2O/c14-10-2-1-3-11(6-10)17-12-5-4-9(8-15)13(16)7-12/h1-7H,16H2. The van der Waals surface area contributed by atoms with Gasteiger partial charge >= 0.3 is 0 Å². The molecule has 2 aromatic rings. The van der Waals surface area contributed by atoms with Crippen LogP contribution in [0.2, 0.25) is 0 Å². The molecule has 2 N–H and O–H groups in total. The molecule has 17 heavy (non-hydrogen) atoms. The summed E-state index contributed by atoms with van der Waals surface area (Å²) in [6, 6.07) is 14.8. The highest BCUT2D eigenvalue weighted by atomic mass is 127. The Morgan fingerprint density at radius 2 is 1.88 bits per heavy atom. The number of hydrogen-bond donors (Lipinski definition) is 1. The maximum Gasteiger partial charge on any atom is 0.129 e. The molecule has 0 saturated heterocycles. The van der Waals surface area contributed by atoms with Crippen LogP contribution in [-0.2, 0) is 0 Å². The topological polar surface area (TPSA) is 59.0 Å². The molecule has 0 heterocycles. The maximum atomic E-state index is 8.76. The van der Waals surface area contributed by atoms with Gasteiger partial charge in [0.1, 0.15) is 17.6 Å². The Hall–Kier alpha value is -1.74. The van der Waals surface area contributed by atoms with E-state index in [1.54, 1.807) is 18.2 Å². The van der Waals surface area contributed by atoms with E-state index in [0.29, 0.717) is 17.0 Å². The van der Waals surface area contributed by atoms with Crippen molar-refractivity contribution >= 4 is 28.3 Å². The van der Waals surface area contributed by atoms with Crippen molar-refractivity contribution in [2.24, 2.45) is 0 Å². The van der Waals surface area contributed by atoms with Gasteiger partial charge in [0.2, 0.25) is 0 Å². The first-order valence-corrected chi connectivity index (χ1v) is 6.00. The van der Waals surface area contributed by atoms with Gasteiger partial charge < -0.3 is 10.5 Å². The van der Waals surface area contributed by atoms with Crippen molar-refractivity contribution in [2.45, 2.75) is 0 Å². The Morgan fingerprint density at radius 3 is 2.53 bits per heavy atom. The van der Waals surface area contributed by atoms with Gasteiger partial charge in [-0.1, -0.05) is 6.07 Å². The van der Waals surface area contributed by atoms with Gasteiger partial charge in [0, 0.05) is 9.64 Å². The Balaban J connectivity index is 2.25. The fourth-order valence-electron chi connectivity index (χ4n) is 1.37. The molecule has 2 aromatic carbocycles. The van der Waals surface area contributed by atoms with Gasteiger partial charge in [-0.2, -0.15) is 5.26 Å². The molecule has 84 valence electrons. The van der Waals surface area contributed by atoms with Crippen LogP contribution in [0.4, 0.5) is 5.69 Å². The highest BCUT2D eigenvalue weighted by Crippen LogP contribution is 2.25. The summed E-state index contributed by atoms with van der Waals surface area (Å²) in [5.74, 6) is 1.38. The molecule has 0 fully saturated rings. The summed E-state index contributed by atoms with van der Waals surface area (Å²) in [6.45, 7) is 0. The van der Waals surface area contributed by atoms with Crippen molar-refractivity contribution in [3.63, 3.8) is 0 Å². The Labute approximate surface area is 113 Å². The van der Waals surface area contributed by atoms with Gasteiger partial charge in [-0.05, 0) is 52.9 Å². The third kappa shape index (κ3) is 2.88. The zero-order chi connectivity index (χ0) is 12.3. The van der Waals surface area contributed by atoms with Crippen molar-refractivity contribution in [3.05, 3.63) is 51.6 Å². The molecular weight excluding hydrogens is 327 g/mol. The largest absolute Gasteiger partial charge is 0.457 e. The summed E-state index contributed by atoms with van der Waals surface area (Å²) in [4.78, 5) is 0. The number of nitrogens with zero attached hydrogens (tertiary/aromatic N) is 1. The average molecular weight is 336 g/mol. The van der Waals surface area contributed by atoms with E-state index in [-0.39, 0.29) is 0 Å². The Bertz CT molecular complexity index is 590. The lowest BCUT2D eigenvalue weighted by Crippen LogP contribution is -1.92. The van der Waals surface area contributed by atoms with E-state index >= 15 is 0 Å². The van der Waals surface area contributed by atoms with Gasteiger partial charge in [-0.25, -0.2) is 0 Å². The molecule has 0 aliphatic heterocycles. The van der Waals surface area contributed by atoms with Crippen LogP contribution < -0.4 is 10.5 Å². The first kappa shape index (κ1) is 11.7. The van der Waals surface area contributed by atoms with Crippen LogP contribution in [0.1, 0.15) is 5.56 Å². The number of rotatable bonds is 2. The maximum absolute atomic E-state index is 8.76.